The fourth-order valence-electron chi connectivity index (χ4n) is 3.88. The Balaban J connectivity index is 1.56. The zero-order chi connectivity index (χ0) is 19.8. The highest BCUT2D eigenvalue weighted by molar-refractivity contribution is 7.18. The molecule has 1 aromatic carbocycles. The van der Waals surface area contributed by atoms with Crippen LogP contribution in [0.1, 0.15) is 23.3 Å². The number of rotatable bonds is 5. The minimum atomic E-state index is 0.0185. The molecule has 0 saturated heterocycles. The van der Waals surface area contributed by atoms with Crippen LogP contribution in [-0.4, -0.2) is 19.3 Å². The largest absolute Gasteiger partial charge is 0.325 e. The summed E-state index contributed by atoms with van der Waals surface area (Å²) in [5, 5.41) is 8.37. The molecule has 146 valence electrons. The van der Waals surface area contributed by atoms with Crippen LogP contribution in [0.5, 0.6) is 0 Å². The fraction of sp³-hybridized carbons (Fsp3) is 0.227. The molecular formula is C22H21N5OS. The molecule has 1 aliphatic rings. The fourth-order valence-corrected chi connectivity index (χ4v) is 5.13. The summed E-state index contributed by atoms with van der Waals surface area (Å²) < 4.78 is 3.48. The van der Waals surface area contributed by atoms with E-state index in [-0.39, 0.29) is 5.56 Å². The number of aryl methyl sites for hydroxylation is 2. The Morgan fingerprint density at radius 3 is 2.79 bits per heavy atom. The molecule has 0 fully saturated rings. The summed E-state index contributed by atoms with van der Waals surface area (Å²) in [6, 6.07) is 9.78. The Kier molecular flexibility index (Phi) is 4.52. The van der Waals surface area contributed by atoms with Gasteiger partial charge in [-0.2, -0.15) is 5.10 Å². The lowest BCUT2D eigenvalue weighted by molar-refractivity contribution is 0.698. The summed E-state index contributed by atoms with van der Waals surface area (Å²) in [5.41, 5.74) is 3.07. The molecule has 7 heteroatoms. The van der Waals surface area contributed by atoms with E-state index < -0.39 is 0 Å². The zero-order valence-electron chi connectivity index (χ0n) is 16.0. The normalized spacial score (nSPS) is 13.4. The first-order valence-corrected chi connectivity index (χ1v) is 10.6. The van der Waals surface area contributed by atoms with Crippen molar-refractivity contribution in [3.63, 3.8) is 0 Å². The van der Waals surface area contributed by atoms with Crippen LogP contribution < -0.4 is 10.9 Å². The molecule has 4 aromatic rings. The minimum absolute atomic E-state index is 0.0185. The lowest BCUT2D eigenvalue weighted by Gasteiger charge is -2.14. The number of allylic oxidation sites excluding steroid dienone is 1. The molecule has 0 radical (unpaired) electrons. The van der Waals surface area contributed by atoms with Gasteiger partial charge in [-0.25, -0.2) is 9.67 Å². The van der Waals surface area contributed by atoms with Crippen LogP contribution >= 0.6 is 11.3 Å². The van der Waals surface area contributed by atoms with Crippen LogP contribution in [-0.2, 0) is 19.4 Å². The van der Waals surface area contributed by atoms with E-state index in [2.05, 4.69) is 17.0 Å². The van der Waals surface area contributed by atoms with Gasteiger partial charge in [0.25, 0.3) is 5.56 Å². The number of nitrogens with one attached hydrogen (secondary N) is 1. The first-order chi connectivity index (χ1) is 14.2. The summed E-state index contributed by atoms with van der Waals surface area (Å²) in [6.07, 6.45) is 9.74. The molecule has 29 heavy (non-hydrogen) atoms. The second-order valence-corrected chi connectivity index (χ2v) is 8.24. The zero-order valence-corrected chi connectivity index (χ0v) is 16.8. The molecule has 1 N–H and O–H groups in total. The number of nitrogens with zero attached hydrogens (tertiary/aromatic N) is 4. The van der Waals surface area contributed by atoms with Crippen molar-refractivity contribution in [1.29, 1.82) is 0 Å². The summed E-state index contributed by atoms with van der Waals surface area (Å²) >= 11 is 1.66. The van der Waals surface area contributed by atoms with E-state index in [9.17, 15) is 4.79 Å². The Morgan fingerprint density at radius 1 is 1.21 bits per heavy atom. The molecule has 6 nitrogen and oxygen atoms in total. The Bertz CT molecular complexity index is 1240. The monoisotopic (exact) mass is 403 g/mol. The van der Waals surface area contributed by atoms with Gasteiger partial charge in [-0.15, -0.1) is 17.9 Å². The van der Waals surface area contributed by atoms with Crippen molar-refractivity contribution in [2.75, 3.05) is 5.32 Å². The highest BCUT2D eigenvalue weighted by Crippen LogP contribution is 2.34. The van der Waals surface area contributed by atoms with E-state index in [0.717, 1.165) is 40.9 Å². The third kappa shape index (κ3) is 3.17. The van der Waals surface area contributed by atoms with Gasteiger partial charge >= 0.3 is 0 Å². The van der Waals surface area contributed by atoms with Gasteiger partial charge in [-0.1, -0.05) is 6.08 Å². The van der Waals surface area contributed by atoms with Gasteiger partial charge in [0.05, 0.1) is 11.1 Å². The number of anilines is 2. The minimum Gasteiger partial charge on any atom is -0.325 e. The standard InChI is InChI=1S/C22H21N5OS/c1-2-13-26-21(28)19-17-6-3-4-7-18(17)29-20(19)25-22(26)24-15-8-10-16(11-9-15)27-14-5-12-23-27/h2,5,8-12,14H,1,3-4,6-7,13H2,(H,24,25). The van der Waals surface area contributed by atoms with Gasteiger partial charge in [0, 0.05) is 29.5 Å². The summed E-state index contributed by atoms with van der Waals surface area (Å²) in [5.74, 6) is 0.549. The third-order valence-corrected chi connectivity index (χ3v) is 6.46. The van der Waals surface area contributed by atoms with E-state index in [4.69, 9.17) is 4.98 Å². The Hall–Kier alpha value is -3.19. The summed E-state index contributed by atoms with van der Waals surface area (Å²) in [4.78, 5) is 20.3. The molecule has 0 atom stereocenters. The molecule has 3 aromatic heterocycles. The molecule has 1 aliphatic carbocycles. The second-order valence-electron chi connectivity index (χ2n) is 7.15. The van der Waals surface area contributed by atoms with Crippen molar-refractivity contribution in [3.05, 3.63) is 76.2 Å². The lowest BCUT2D eigenvalue weighted by Crippen LogP contribution is -2.24. The van der Waals surface area contributed by atoms with Crippen molar-refractivity contribution in [3.8, 4) is 5.69 Å². The maximum atomic E-state index is 13.3. The van der Waals surface area contributed by atoms with Crippen LogP contribution in [0.4, 0.5) is 11.6 Å². The predicted octanol–water partition coefficient (Wildman–Crippen LogP) is 4.45. The highest BCUT2D eigenvalue weighted by atomic mass is 32.1. The molecule has 0 unspecified atom stereocenters. The molecule has 0 saturated carbocycles. The quantitative estimate of drug-likeness (QED) is 0.500. The SMILES string of the molecule is C=CCn1c(Nc2ccc(-n3cccn3)cc2)nc2sc3c(c2c1=O)CCCC3. The molecule has 0 bridgehead atoms. The van der Waals surface area contributed by atoms with Gasteiger partial charge in [0.2, 0.25) is 5.95 Å². The van der Waals surface area contributed by atoms with E-state index in [1.807, 2.05) is 36.5 Å². The van der Waals surface area contributed by atoms with E-state index in [1.54, 1.807) is 32.9 Å². The third-order valence-electron chi connectivity index (χ3n) is 5.28. The number of hydrogen-bond acceptors (Lipinski definition) is 5. The number of hydrogen-bond donors (Lipinski definition) is 1. The van der Waals surface area contributed by atoms with Gasteiger partial charge in [0.15, 0.2) is 0 Å². The van der Waals surface area contributed by atoms with Crippen molar-refractivity contribution in [2.45, 2.75) is 32.2 Å². The predicted molar refractivity (Wildman–Crippen MR) is 118 cm³/mol. The average Bonchev–Trinajstić information content (AvgIpc) is 3.39. The van der Waals surface area contributed by atoms with Crippen LogP contribution in [0.2, 0.25) is 0 Å². The van der Waals surface area contributed by atoms with E-state index in [1.165, 1.54) is 16.9 Å². The maximum Gasteiger partial charge on any atom is 0.264 e. The van der Waals surface area contributed by atoms with Crippen molar-refractivity contribution >= 4 is 33.2 Å². The molecule has 3 heterocycles. The second kappa shape index (κ2) is 7.33. The first-order valence-electron chi connectivity index (χ1n) is 9.77. The molecule has 0 amide bonds. The van der Waals surface area contributed by atoms with Crippen molar-refractivity contribution in [2.24, 2.45) is 0 Å². The van der Waals surface area contributed by atoms with Gasteiger partial charge in [0.1, 0.15) is 4.83 Å². The average molecular weight is 404 g/mol. The summed E-state index contributed by atoms with van der Waals surface area (Å²) in [6.45, 7) is 4.23. The maximum absolute atomic E-state index is 13.3. The van der Waals surface area contributed by atoms with Gasteiger partial charge in [-0.3, -0.25) is 9.36 Å². The first kappa shape index (κ1) is 17.9. The molecule has 0 spiro atoms. The Labute approximate surface area is 172 Å². The molecular weight excluding hydrogens is 382 g/mol. The van der Waals surface area contributed by atoms with Gasteiger partial charge in [-0.05, 0) is 61.6 Å². The van der Waals surface area contributed by atoms with E-state index in [0.29, 0.717) is 12.5 Å². The van der Waals surface area contributed by atoms with Crippen LogP contribution in [0.15, 0.2) is 60.2 Å². The number of thiophene rings is 1. The van der Waals surface area contributed by atoms with Crippen LogP contribution in [0, 0.1) is 0 Å². The number of aromatic nitrogens is 4. The van der Waals surface area contributed by atoms with Gasteiger partial charge < -0.3 is 5.32 Å². The number of benzene rings is 1. The lowest BCUT2D eigenvalue weighted by atomic mass is 9.97. The smallest absolute Gasteiger partial charge is 0.264 e. The van der Waals surface area contributed by atoms with E-state index >= 15 is 0 Å². The number of fused-ring (bicyclic) bond motifs is 3. The van der Waals surface area contributed by atoms with Crippen molar-refractivity contribution in [1.82, 2.24) is 19.3 Å². The Morgan fingerprint density at radius 2 is 2.03 bits per heavy atom. The highest BCUT2D eigenvalue weighted by Gasteiger charge is 2.21. The van der Waals surface area contributed by atoms with Crippen LogP contribution in [0.3, 0.4) is 0 Å². The molecule has 5 rings (SSSR count). The summed E-state index contributed by atoms with van der Waals surface area (Å²) in [7, 11) is 0. The van der Waals surface area contributed by atoms with Crippen LogP contribution in [0.25, 0.3) is 15.9 Å². The van der Waals surface area contributed by atoms with Crippen molar-refractivity contribution < 1.29 is 0 Å². The topological polar surface area (TPSA) is 64.7 Å². The molecule has 0 aliphatic heterocycles.